The Morgan fingerprint density at radius 3 is 2.50 bits per heavy atom. The Kier molecular flexibility index (Phi) is 1.31. The van der Waals surface area contributed by atoms with Crippen molar-refractivity contribution in [3.63, 3.8) is 0 Å². The van der Waals surface area contributed by atoms with Crippen molar-refractivity contribution >= 4 is 0 Å². The Balaban J connectivity index is 1.93. The highest BCUT2D eigenvalue weighted by Crippen LogP contribution is 2.64. The molecule has 1 heteroatoms. The molecule has 2 saturated carbocycles. The Hall–Kier alpha value is -0.0400. The smallest absolute Gasteiger partial charge is 0.00694 e. The van der Waals surface area contributed by atoms with Gasteiger partial charge in [0.2, 0.25) is 0 Å². The standard InChI is InChI=1S/C9H17N/c1-5-7-4-8(7)9(5)6(2)10-3/h5-10H,4H2,1-3H3/t5-,6-,7?,8?,9+/m1/s1. The zero-order chi connectivity index (χ0) is 7.30. The lowest BCUT2D eigenvalue weighted by atomic mass is 9.71. The molecule has 2 unspecified atom stereocenters. The van der Waals surface area contributed by atoms with E-state index in [-0.39, 0.29) is 0 Å². The summed E-state index contributed by atoms with van der Waals surface area (Å²) < 4.78 is 0. The van der Waals surface area contributed by atoms with E-state index in [1.165, 1.54) is 6.42 Å². The molecule has 10 heavy (non-hydrogen) atoms. The molecule has 2 aliphatic rings. The van der Waals surface area contributed by atoms with Gasteiger partial charge in [0.25, 0.3) is 0 Å². The molecule has 0 saturated heterocycles. The quantitative estimate of drug-likeness (QED) is 0.611. The van der Waals surface area contributed by atoms with E-state index in [9.17, 15) is 0 Å². The van der Waals surface area contributed by atoms with Crippen molar-refractivity contribution in [1.82, 2.24) is 5.32 Å². The maximum Gasteiger partial charge on any atom is 0.00694 e. The van der Waals surface area contributed by atoms with Gasteiger partial charge in [-0.25, -0.2) is 0 Å². The zero-order valence-corrected chi connectivity index (χ0v) is 7.09. The second kappa shape index (κ2) is 1.97. The molecule has 0 aliphatic heterocycles. The van der Waals surface area contributed by atoms with Gasteiger partial charge in [0.1, 0.15) is 0 Å². The number of fused-ring (bicyclic) bond motifs is 1. The van der Waals surface area contributed by atoms with Gasteiger partial charge in [-0.1, -0.05) is 6.92 Å². The Labute approximate surface area is 63.2 Å². The minimum atomic E-state index is 0.749. The summed E-state index contributed by atoms with van der Waals surface area (Å²) in [5.74, 6) is 4.24. The summed E-state index contributed by atoms with van der Waals surface area (Å²) in [6, 6.07) is 0.749. The fourth-order valence-corrected chi connectivity index (χ4v) is 2.83. The maximum absolute atomic E-state index is 3.35. The first-order valence-corrected chi connectivity index (χ1v) is 4.43. The number of nitrogens with one attached hydrogen (secondary N) is 1. The Morgan fingerprint density at radius 1 is 1.40 bits per heavy atom. The molecule has 0 aromatic rings. The number of hydrogen-bond donors (Lipinski definition) is 1. The Bertz CT molecular complexity index is 144. The van der Waals surface area contributed by atoms with Crippen molar-refractivity contribution in [3.05, 3.63) is 0 Å². The number of hydrogen-bond acceptors (Lipinski definition) is 1. The molecule has 0 bridgehead atoms. The predicted molar refractivity (Wildman–Crippen MR) is 42.8 cm³/mol. The molecule has 5 atom stereocenters. The van der Waals surface area contributed by atoms with Gasteiger partial charge < -0.3 is 5.32 Å². The van der Waals surface area contributed by atoms with Crippen LogP contribution in [0.15, 0.2) is 0 Å². The summed E-state index contributed by atoms with van der Waals surface area (Å²) in [4.78, 5) is 0. The number of rotatable bonds is 2. The minimum Gasteiger partial charge on any atom is -0.317 e. The van der Waals surface area contributed by atoms with Crippen LogP contribution in [-0.4, -0.2) is 13.1 Å². The van der Waals surface area contributed by atoms with E-state index in [1.54, 1.807) is 0 Å². The van der Waals surface area contributed by atoms with Gasteiger partial charge in [-0.3, -0.25) is 0 Å². The highest BCUT2D eigenvalue weighted by atomic mass is 14.9. The summed E-state index contributed by atoms with van der Waals surface area (Å²) in [5.41, 5.74) is 0. The molecule has 1 nitrogen and oxygen atoms in total. The van der Waals surface area contributed by atoms with Crippen molar-refractivity contribution in [2.45, 2.75) is 26.3 Å². The van der Waals surface area contributed by atoms with Gasteiger partial charge in [0, 0.05) is 6.04 Å². The van der Waals surface area contributed by atoms with Gasteiger partial charge >= 0.3 is 0 Å². The van der Waals surface area contributed by atoms with Gasteiger partial charge in [-0.05, 0) is 44.1 Å². The molecule has 0 heterocycles. The van der Waals surface area contributed by atoms with Crippen LogP contribution in [0.4, 0.5) is 0 Å². The monoisotopic (exact) mass is 139 g/mol. The minimum absolute atomic E-state index is 0.749. The van der Waals surface area contributed by atoms with E-state index in [1.807, 2.05) is 0 Å². The molecule has 1 N–H and O–H groups in total. The van der Waals surface area contributed by atoms with Crippen molar-refractivity contribution in [1.29, 1.82) is 0 Å². The third kappa shape index (κ3) is 0.672. The van der Waals surface area contributed by atoms with Crippen molar-refractivity contribution in [2.75, 3.05) is 7.05 Å². The predicted octanol–water partition coefficient (Wildman–Crippen LogP) is 1.50. The van der Waals surface area contributed by atoms with Crippen LogP contribution >= 0.6 is 0 Å². The van der Waals surface area contributed by atoms with Gasteiger partial charge in [0.05, 0.1) is 0 Å². The van der Waals surface area contributed by atoms with E-state index in [4.69, 9.17) is 0 Å². The van der Waals surface area contributed by atoms with Crippen molar-refractivity contribution < 1.29 is 0 Å². The lowest BCUT2D eigenvalue weighted by molar-refractivity contribution is 0.133. The fourth-order valence-electron chi connectivity index (χ4n) is 2.83. The molecule has 0 spiro atoms. The highest BCUT2D eigenvalue weighted by molar-refractivity contribution is 5.09. The molecule has 2 fully saturated rings. The average Bonchev–Trinajstić information content (AvgIpc) is 2.63. The fraction of sp³-hybridized carbons (Fsp3) is 1.00. The van der Waals surface area contributed by atoms with Gasteiger partial charge in [-0.15, -0.1) is 0 Å². The molecule has 0 radical (unpaired) electrons. The highest BCUT2D eigenvalue weighted by Gasteiger charge is 2.60. The van der Waals surface area contributed by atoms with Gasteiger partial charge in [-0.2, -0.15) is 0 Å². The molecule has 0 aromatic carbocycles. The van der Waals surface area contributed by atoms with Crippen LogP contribution < -0.4 is 5.32 Å². The average molecular weight is 139 g/mol. The first-order chi connectivity index (χ1) is 4.75. The van der Waals surface area contributed by atoms with Crippen LogP contribution in [0.25, 0.3) is 0 Å². The van der Waals surface area contributed by atoms with Crippen LogP contribution in [0.1, 0.15) is 20.3 Å². The van der Waals surface area contributed by atoms with E-state index in [2.05, 4.69) is 26.2 Å². The van der Waals surface area contributed by atoms with Gasteiger partial charge in [0.15, 0.2) is 0 Å². The maximum atomic E-state index is 3.35. The normalized spacial score (nSPS) is 53.1. The van der Waals surface area contributed by atoms with E-state index < -0.39 is 0 Å². The third-order valence-electron chi connectivity index (χ3n) is 3.70. The largest absolute Gasteiger partial charge is 0.317 e. The van der Waals surface area contributed by atoms with Crippen LogP contribution in [0.2, 0.25) is 0 Å². The van der Waals surface area contributed by atoms with Crippen LogP contribution in [-0.2, 0) is 0 Å². The summed E-state index contributed by atoms with van der Waals surface area (Å²) in [7, 11) is 2.08. The van der Waals surface area contributed by atoms with E-state index >= 15 is 0 Å². The molecular weight excluding hydrogens is 122 g/mol. The van der Waals surface area contributed by atoms with Crippen molar-refractivity contribution in [2.24, 2.45) is 23.7 Å². The first kappa shape index (κ1) is 6.66. The van der Waals surface area contributed by atoms with Crippen LogP contribution in [0, 0.1) is 23.7 Å². The van der Waals surface area contributed by atoms with E-state index in [0.717, 1.165) is 29.7 Å². The molecule has 0 amide bonds. The second-order valence-electron chi connectivity index (χ2n) is 4.08. The van der Waals surface area contributed by atoms with Crippen LogP contribution in [0.3, 0.4) is 0 Å². The topological polar surface area (TPSA) is 12.0 Å². The first-order valence-electron chi connectivity index (χ1n) is 4.43. The third-order valence-corrected chi connectivity index (χ3v) is 3.70. The Morgan fingerprint density at radius 2 is 2.10 bits per heavy atom. The summed E-state index contributed by atoms with van der Waals surface area (Å²) >= 11 is 0. The lowest BCUT2D eigenvalue weighted by Gasteiger charge is -2.37. The molecule has 0 aromatic heterocycles. The summed E-state index contributed by atoms with van der Waals surface area (Å²) in [6.07, 6.45) is 1.53. The zero-order valence-electron chi connectivity index (χ0n) is 7.09. The molecule has 2 aliphatic carbocycles. The molecule has 58 valence electrons. The second-order valence-corrected chi connectivity index (χ2v) is 4.08. The summed E-state index contributed by atoms with van der Waals surface area (Å²) in [6.45, 7) is 4.72. The SMILES string of the molecule is CN[C@H](C)[C@H]1C2CC2[C@H]1C. The molecular formula is C9H17N. The summed E-state index contributed by atoms with van der Waals surface area (Å²) in [5, 5.41) is 3.35. The van der Waals surface area contributed by atoms with Crippen LogP contribution in [0.5, 0.6) is 0 Å². The van der Waals surface area contributed by atoms with E-state index in [0.29, 0.717) is 0 Å². The molecule has 2 rings (SSSR count). The van der Waals surface area contributed by atoms with Crippen molar-refractivity contribution in [3.8, 4) is 0 Å². The lowest BCUT2D eigenvalue weighted by Crippen LogP contribution is -2.42.